The molecule has 1 rings (SSSR count). The van der Waals surface area contributed by atoms with Crippen LogP contribution in [0.25, 0.3) is 0 Å². The van der Waals surface area contributed by atoms with Crippen molar-refractivity contribution in [3.8, 4) is 0 Å². The number of likely N-dealkylation sites (tertiary alicyclic amines) is 1. The highest BCUT2D eigenvalue weighted by molar-refractivity contribution is 4.84. The first-order chi connectivity index (χ1) is 6.76. The normalized spacial score (nSPS) is 22.5. The van der Waals surface area contributed by atoms with Gasteiger partial charge in [-0.25, -0.2) is 0 Å². The molecule has 0 bridgehead atoms. The maximum absolute atomic E-state index is 12.0. The summed E-state index contributed by atoms with van der Waals surface area (Å²) in [7, 11) is 0. The minimum absolute atomic E-state index is 0.159. The van der Waals surface area contributed by atoms with Crippen molar-refractivity contribution < 1.29 is 9.50 Å². The van der Waals surface area contributed by atoms with Crippen LogP contribution in [0.3, 0.4) is 0 Å². The Morgan fingerprint density at radius 2 is 2.00 bits per heavy atom. The van der Waals surface area contributed by atoms with Gasteiger partial charge >= 0.3 is 0 Å². The summed E-state index contributed by atoms with van der Waals surface area (Å²) >= 11 is 0. The molecule has 14 heavy (non-hydrogen) atoms. The fourth-order valence-corrected chi connectivity index (χ4v) is 2.16. The first kappa shape index (κ1) is 11.9. The number of aliphatic hydroxyl groups is 1. The van der Waals surface area contributed by atoms with Gasteiger partial charge in [0.25, 0.3) is 0 Å². The van der Waals surface area contributed by atoms with Gasteiger partial charge in [0.2, 0.25) is 0 Å². The van der Waals surface area contributed by atoms with Crippen molar-refractivity contribution in [2.24, 2.45) is 5.41 Å². The van der Waals surface area contributed by atoms with Crippen LogP contribution in [0.5, 0.6) is 0 Å². The summed E-state index contributed by atoms with van der Waals surface area (Å²) < 4.78 is 12.0. The molecule has 0 atom stereocenters. The topological polar surface area (TPSA) is 23.5 Å². The van der Waals surface area contributed by atoms with Gasteiger partial charge in [-0.1, -0.05) is 6.92 Å². The first-order valence-electron chi connectivity index (χ1n) is 5.65. The summed E-state index contributed by atoms with van der Waals surface area (Å²) in [5.74, 6) is 0. The quantitative estimate of drug-likeness (QED) is 0.737. The number of hydrogen-bond donors (Lipinski definition) is 1. The Morgan fingerprint density at radius 1 is 1.36 bits per heavy atom. The molecule has 1 aliphatic rings. The molecule has 1 heterocycles. The monoisotopic (exact) mass is 203 g/mol. The zero-order valence-corrected chi connectivity index (χ0v) is 9.14. The van der Waals surface area contributed by atoms with Crippen molar-refractivity contribution >= 4 is 0 Å². The van der Waals surface area contributed by atoms with Gasteiger partial charge in [0.1, 0.15) is 0 Å². The lowest BCUT2D eigenvalue weighted by Crippen LogP contribution is -2.42. The highest BCUT2D eigenvalue weighted by atomic mass is 19.1. The molecule has 1 N–H and O–H groups in total. The highest BCUT2D eigenvalue weighted by Crippen LogP contribution is 2.33. The van der Waals surface area contributed by atoms with Gasteiger partial charge in [-0.3, -0.25) is 4.39 Å². The average Bonchev–Trinajstić information content (AvgIpc) is 2.27. The summed E-state index contributed by atoms with van der Waals surface area (Å²) in [6.45, 7) is 5.16. The van der Waals surface area contributed by atoms with E-state index < -0.39 is 0 Å². The fraction of sp³-hybridized carbons (Fsp3) is 1.00. The summed E-state index contributed by atoms with van der Waals surface area (Å²) in [5.41, 5.74) is 0.159. The van der Waals surface area contributed by atoms with E-state index in [2.05, 4.69) is 11.8 Å². The van der Waals surface area contributed by atoms with E-state index >= 15 is 0 Å². The van der Waals surface area contributed by atoms with Gasteiger partial charge in [0.15, 0.2) is 0 Å². The minimum atomic E-state index is -0.213. The van der Waals surface area contributed by atoms with Gasteiger partial charge in [0, 0.05) is 13.2 Å². The number of rotatable bonds is 5. The SMILES string of the molecule is CCC1(CO)CCN(CCCF)CC1. The van der Waals surface area contributed by atoms with Crippen LogP contribution >= 0.6 is 0 Å². The molecule has 0 aromatic heterocycles. The number of piperidine rings is 1. The molecule has 0 amide bonds. The molecule has 0 aromatic rings. The maximum Gasteiger partial charge on any atom is 0.0906 e. The van der Waals surface area contributed by atoms with E-state index in [0.717, 1.165) is 38.9 Å². The first-order valence-corrected chi connectivity index (χ1v) is 5.65. The smallest absolute Gasteiger partial charge is 0.0906 e. The number of aliphatic hydroxyl groups excluding tert-OH is 1. The van der Waals surface area contributed by atoms with E-state index in [0.29, 0.717) is 13.0 Å². The maximum atomic E-state index is 12.0. The third-order valence-corrected chi connectivity index (χ3v) is 3.61. The number of hydrogen-bond acceptors (Lipinski definition) is 2. The van der Waals surface area contributed by atoms with E-state index in [4.69, 9.17) is 0 Å². The average molecular weight is 203 g/mol. The number of halogens is 1. The van der Waals surface area contributed by atoms with E-state index in [1.165, 1.54) is 0 Å². The lowest BCUT2D eigenvalue weighted by atomic mass is 9.77. The van der Waals surface area contributed by atoms with Gasteiger partial charge in [-0.2, -0.15) is 0 Å². The van der Waals surface area contributed by atoms with Crippen molar-refractivity contribution in [2.75, 3.05) is 32.9 Å². The van der Waals surface area contributed by atoms with Crippen LogP contribution in [0.2, 0.25) is 0 Å². The number of alkyl halides is 1. The van der Waals surface area contributed by atoms with Crippen LogP contribution < -0.4 is 0 Å². The Morgan fingerprint density at radius 3 is 2.43 bits per heavy atom. The molecule has 1 saturated heterocycles. The molecule has 1 fully saturated rings. The molecule has 0 saturated carbocycles. The van der Waals surface area contributed by atoms with Gasteiger partial charge in [-0.05, 0) is 44.2 Å². The Labute approximate surface area is 86.1 Å². The van der Waals surface area contributed by atoms with Crippen LogP contribution in [-0.2, 0) is 0 Å². The van der Waals surface area contributed by atoms with Crippen molar-refractivity contribution in [2.45, 2.75) is 32.6 Å². The third kappa shape index (κ3) is 2.92. The Kier molecular flexibility index (Phi) is 4.82. The zero-order valence-electron chi connectivity index (χ0n) is 9.14. The molecule has 2 nitrogen and oxygen atoms in total. The summed E-state index contributed by atoms with van der Waals surface area (Å²) in [4.78, 5) is 2.31. The molecular weight excluding hydrogens is 181 g/mol. The summed E-state index contributed by atoms with van der Waals surface area (Å²) in [5, 5.41) is 9.33. The second kappa shape index (κ2) is 5.66. The van der Waals surface area contributed by atoms with Crippen LogP contribution in [0.15, 0.2) is 0 Å². The minimum Gasteiger partial charge on any atom is -0.396 e. The molecule has 0 unspecified atom stereocenters. The molecular formula is C11H22FNO. The van der Waals surface area contributed by atoms with E-state index in [1.807, 2.05) is 0 Å². The third-order valence-electron chi connectivity index (χ3n) is 3.61. The predicted molar refractivity (Wildman–Crippen MR) is 56.1 cm³/mol. The molecule has 3 heteroatoms. The van der Waals surface area contributed by atoms with Gasteiger partial charge < -0.3 is 10.0 Å². The van der Waals surface area contributed by atoms with Crippen LogP contribution in [0.1, 0.15) is 32.6 Å². The summed E-state index contributed by atoms with van der Waals surface area (Å²) in [6.07, 6.45) is 3.83. The lowest BCUT2D eigenvalue weighted by molar-refractivity contribution is 0.0401. The fourth-order valence-electron chi connectivity index (χ4n) is 2.16. The summed E-state index contributed by atoms with van der Waals surface area (Å²) in [6, 6.07) is 0. The van der Waals surface area contributed by atoms with Crippen LogP contribution in [0.4, 0.5) is 4.39 Å². The second-order valence-electron chi connectivity index (χ2n) is 4.40. The molecule has 0 spiro atoms. The van der Waals surface area contributed by atoms with Gasteiger partial charge in [0.05, 0.1) is 6.67 Å². The Hall–Kier alpha value is -0.150. The zero-order chi connectivity index (χ0) is 10.4. The Bertz CT molecular complexity index is 149. The standard InChI is InChI=1S/C11H22FNO/c1-2-11(10-14)4-8-13(9-5-11)7-3-6-12/h14H,2-10H2,1H3. The van der Waals surface area contributed by atoms with Gasteiger partial charge in [-0.15, -0.1) is 0 Å². The second-order valence-corrected chi connectivity index (χ2v) is 4.40. The Balaban J connectivity index is 2.29. The molecule has 84 valence electrons. The van der Waals surface area contributed by atoms with Crippen molar-refractivity contribution in [3.63, 3.8) is 0 Å². The van der Waals surface area contributed by atoms with E-state index in [-0.39, 0.29) is 12.1 Å². The van der Waals surface area contributed by atoms with Crippen molar-refractivity contribution in [1.29, 1.82) is 0 Å². The van der Waals surface area contributed by atoms with Crippen molar-refractivity contribution in [1.82, 2.24) is 4.90 Å². The molecule has 0 aliphatic carbocycles. The van der Waals surface area contributed by atoms with Crippen LogP contribution in [-0.4, -0.2) is 42.9 Å². The van der Waals surface area contributed by atoms with E-state index in [9.17, 15) is 9.50 Å². The highest BCUT2D eigenvalue weighted by Gasteiger charge is 2.31. The largest absolute Gasteiger partial charge is 0.396 e. The number of nitrogens with zero attached hydrogens (tertiary/aromatic N) is 1. The molecule has 0 aromatic carbocycles. The predicted octanol–water partition coefficient (Wildman–Crippen LogP) is 1.83. The van der Waals surface area contributed by atoms with Crippen LogP contribution in [0, 0.1) is 5.41 Å². The molecule has 1 aliphatic heterocycles. The molecule has 0 radical (unpaired) electrons. The van der Waals surface area contributed by atoms with E-state index in [1.54, 1.807) is 0 Å². The lowest BCUT2D eigenvalue weighted by Gasteiger charge is -2.40. The van der Waals surface area contributed by atoms with Crippen molar-refractivity contribution in [3.05, 3.63) is 0 Å².